The van der Waals surface area contributed by atoms with Gasteiger partial charge in [-0.05, 0) is 55.2 Å². The number of imidazole rings is 1. The maximum Gasteiger partial charge on any atom is 0.127 e. The number of aromatic nitrogens is 2. The van der Waals surface area contributed by atoms with Gasteiger partial charge in [0.05, 0.1) is 6.10 Å². The van der Waals surface area contributed by atoms with Crippen molar-refractivity contribution in [2.24, 2.45) is 0 Å². The molecule has 31 heavy (non-hydrogen) atoms. The predicted octanol–water partition coefficient (Wildman–Crippen LogP) is 4.92. The van der Waals surface area contributed by atoms with Gasteiger partial charge < -0.3 is 14.0 Å². The van der Waals surface area contributed by atoms with Gasteiger partial charge in [0.15, 0.2) is 0 Å². The van der Waals surface area contributed by atoms with E-state index in [1.54, 1.807) is 12.5 Å². The third-order valence-electron chi connectivity index (χ3n) is 5.42. The lowest BCUT2D eigenvalue weighted by Gasteiger charge is -2.28. The van der Waals surface area contributed by atoms with Gasteiger partial charge in [0.2, 0.25) is 0 Å². The van der Waals surface area contributed by atoms with Crippen molar-refractivity contribution in [2.75, 3.05) is 12.9 Å². The van der Waals surface area contributed by atoms with Crippen LogP contribution in [0.4, 0.5) is 4.39 Å². The summed E-state index contributed by atoms with van der Waals surface area (Å²) in [5.41, 5.74) is 2.74. The van der Waals surface area contributed by atoms with Crippen molar-refractivity contribution >= 4 is 23.2 Å². The van der Waals surface area contributed by atoms with Crippen LogP contribution in [0.25, 0.3) is 5.69 Å². The van der Waals surface area contributed by atoms with Gasteiger partial charge in [-0.1, -0.05) is 12.1 Å². The molecule has 2 heterocycles. The molecule has 0 N–H and O–H groups in total. The minimum absolute atomic E-state index is 0. The topological polar surface area (TPSA) is 53.4 Å². The minimum Gasteiger partial charge on any atom is -0.489 e. The van der Waals surface area contributed by atoms with Gasteiger partial charge in [0.25, 0.3) is 0 Å². The summed E-state index contributed by atoms with van der Waals surface area (Å²) in [6.45, 7) is 2.82. The highest BCUT2D eigenvalue weighted by Gasteiger charge is 2.27. The standard InChI is InChI=1S/C23H25FN2O3S.ClH/c1-16-25-8-9-26(16)20-5-3-17(4-6-20)15-29-21-12-18(11-19(24)13-21)23-14-22(30(2)27)7-10-28-23;/h3-6,8-9,11-13,22-23H,7,10,14-15H2,1-2H3;1H. The SMILES string of the molecule is Cc1nccn1-c1ccc(COc2cc(F)cc(C3CC(S(C)=O)CCO3)c2)cc1.Cl. The third kappa shape index (κ3) is 5.73. The van der Waals surface area contributed by atoms with Crippen LogP contribution in [0.15, 0.2) is 54.9 Å². The zero-order chi connectivity index (χ0) is 21.1. The molecular weight excluding hydrogens is 439 g/mol. The fourth-order valence-electron chi connectivity index (χ4n) is 3.72. The largest absolute Gasteiger partial charge is 0.489 e. The van der Waals surface area contributed by atoms with E-state index in [0.717, 1.165) is 29.1 Å². The van der Waals surface area contributed by atoms with E-state index in [-0.39, 0.29) is 29.6 Å². The van der Waals surface area contributed by atoms with Gasteiger partial charge in [-0.25, -0.2) is 9.37 Å². The van der Waals surface area contributed by atoms with Crippen molar-refractivity contribution in [1.82, 2.24) is 9.55 Å². The Labute approximate surface area is 190 Å². The summed E-state index contributed by atoms with van der Waals surface area (Å²) >= 11 is 0. The second-order valence-electron chi connectivity index (χ2n) is 7.52. The molecule has 4 rings (SSSR count). The molecule has 1 aliphatic heterocycles. The van der Waals surface area contributed by atoms with Crippen LogP contribution >= 0.6 is 12.4 Å². The summed E-state index contributed by atoms with van der Waals surface area (Å²) in [5, 5.41) is 0.0778. The maximum absolute atomic E-state index is 14.2. The maximum atomic E-state index is 14.2. The second kappa shape index (κ2) is 10.4. The Morgan fingerprint density at radius 1 is 1.26 bits per heavy atom. The number of nitrogens with zero attached hydrogens (tertiary/aromatic N) is 2. The van der Waals surface area contributed by atoms with E-state index in [4.69, 9.17) is 9.47 Å². The monoisotopic (exact) mass is 464 g/mol. The molecule has 0 amide bonds. The van der Waals surface area contributed by atoms with Crippen LogP contribution in [0.3, 0.4) is 0 Å². The van der Waals surface area contributed by atoms with Crippen LogP contribution in [-0.4, -0.2) is 31.9 Å². The van der Waals surface area contributed by atoms with Gasteiger partial charge in [-0.15, -0.1) is 12.4 Å². The molecule has 0 radical (unpaired) electrons. The molecule has 1 fully saturated rings. The molecule has 3 atom stereocenters. The first kappa shape index (κ1) is 23.4. The normalized spacial score (nSPS) is 19.5. The number of aryl methyl sites for hydroxylation is 1. The summed E-state index contributed by atoms with van der Waals surface area (Å²) in [6.07, 6.45) is 6.54. The molecule has 1 aromatic heterocycles. The Bertz CT molecular complexity index is 1040. The number of hydrogen-bond donors (Lipinski definition) is 0. The quantitative estimate of drug-likeness (QED) is 0.519. The fraction of sp³-hybridized carbons (Fsp3) is 0.348. The first-order valence-electron chi connectivity index (χ1n) is 9.96. The Hall–Kier alpha value is -2.22. The molecule has 1 saturated heterocycles. The van der Waals surface area contributed by atoms with Crippen LogP contribution in [0, 0.1) is 12.7 Å². The molecule has 166 valence electrons. The van der Waals surface area contributed by atoms with E-state index in [1.807, 2.05) is 48.0 Å². The molecule has 0 saturated carbocycles. The molecule has 0 spiro atoms. The van der Waals surface area contributed by atoms with Crippen molar-refractivity contribution in [3.05, 3.63) is 77.6 Å². The van der Waals surface area contributed by atoms with Crippen molar-refractivity contribution in [1.29, 1.82) is 0 Å². The zero-order valence-electron chi connectivity index (χ0n) is 17.5. The zero-order valence-corrected chi connectivity index (χ0v) is 19.1. The molecule has 0 aliphatic carbocycles. The number of rotatable bonds is 6. The van der Waals surface area contributed by atoms with E-state index in [2.05, 4.69) is 4.98 Å². The molecule has 5 nitrogen and oxygen atoms in total. The Balaban J connectivity index is 0.00000272. The number of ether oxygens (including phenoxy) is 2. The van der Waals surface area contributed by atoms with E-state index < -0.39 is 10.8 Å². The summed E-state index contributed by atoms with van der Waals surface area (Å²) in [7, 11) is -0.911. The lowest BCUT2D eigenvalue weighted by molar-refractivity contribution is 0.0169. The molecular formula is C23H26ClFN2O3S. The summed E-state index contributed by atoms with van der Waals surface area (Å²) in [6, 6.07) is 12.7. The molecule has 0 bridgehead atoms. The highest BCUT2D eigenvalue weighted by Crippen LogP contribution is 2.32. The molecule has 2 aromatic carbocycles. The highest BCUT2D eigenvalue weighted by molar-refractivity contribution is 7.84. The highest BCUT2D eigenvalue weighted by atomic mass is 35.5. The smallest absolute Gasteiger partial charge is 0.127 e. The number of hydrogen-bond acceptors (Lipinski definition) is 4. The number of benzene rings is 2. The number of halogens is 2. The second-order valence-corrected chi connectivity index (χ2v) is 9.19. The molecule has 3 aromatic rings. The Kier molecular flexibility index (Phi) is 7.86. The van der Waals surface area contributed by atoms with Gasteiger partial charge in [0.1, 0.15) is 24.0 Å². The van der Waals surface area contributed by atoms with Crippen molar-refractivity contribution in [2.45, 2.75) is 37.7 Å². The van der Waals surface area contributed by atoms with E-state index in [9.17, 15) is 8.60 Å². The van der Waals surface area contributed by atoms with Crippen LogP contribution in [0.5, 0.6) is 5.75 Å². The average Bonchev–Trinajstić information content (AvgIpc) is 3.18. The van der Waals surface area contributed by atoms with E-state index in [0.29, 0.717) is 25.4 Å². The average molecular weight is 465 g/mol. The van der Waals surface area contributed by atoms with Crippen LogP contribution < -0.4 is 4.74 Å². The van der Waals surface area contributed by atoms with Crippen molar-refractivity contribution in [3.8, 4) is 11.4 Å². The molecule has 1 aliphatic rings. The van der Waals surface area contributed by atoms with Gasteiger partial charge in [0, 0.05) is 53.1 Å². The predicted molar refractivity (Wildman–Crippen MR) is 122 cm³/mol. The summed E-state index contributed by atoms with van der Waals surface area (Å²) in [5.74, 6) is 1.02. The van der Waals surface area contributed by atoms with Crippen molar-refractivity contribution in [3.63, 3.8) is 0 Å². The van der Waals surface area contributed by atoms with Gasteiger partial charge in [-0.2, -0.15) is 0 Å². The first-order valence-corrected chi connectivity index (χ1v) is 11.6. The third-order valence-corrected chi connectivity index (χ3v) is 6.78. The van der Waals surface area contributed by atoms with Crippen LogP contribution in [0.1, 0.15) is 35.9 Å². The minimum atomic E-state index is -0.911. The molecule has 3 unspecified atom stereocenters. The molecule has 8 heteroatoms. The van der Waals surface area contributed by atoms with Crippen LogP contribution in [0.2, 0.25) is 0 Å². The Morgan fingerprint density at radius 3 is 2.71 bits per heavy atom. The van der Waals surface area contributed by atoms with Crippen molar-refractivity contribution < 1.29 is 18.1 Å². The first-order chi connectivity index (χ1) is 14.5. The summed E-state index contributed by atoms with van der Waals surface area (Å²) in [4.78, 5) is 4.24. The van der Waals surface area contributed by atoms with E-state index >= 15 is 0 Å². The lowest BCUT2D eigenvalue weighted by Crippen LogP contribution is -2.27. The Morgan fingerprint density at radius 2 is 2.03 bits per heavy atom. The van der Waals surface area contributed by atoms with Crippen LogP contribution in [-0.2, 0) is 22.1 Å². The lowest BCUT2D eigenvalue weighted by atomic mass is 10.0. The van der Waals surface area contributed by atoms with Gasteiger partial charge in [-0.3, -0.25) is 4.21 Å². The van der Waals surface area contributed by atoms with Gasteiger partial charge >= 0.3 is 0 Å². The summed E-state index contributed by atoms with van der Waals surface area (Å²) < 4.78 is 39.7. The van der Waals surface area contributed by atoms with E-state index in [1.165, 1.54) is 12.1 Å². The fourth-order valence-corrected chi connectivity index (χ4v) is 4.60.